The first-order valence-corrected chi connectivity index (χ1v) is 7.80. The van der Waals surface area contributed by atoms with E-state index in [0.29, 0.717) is 12.5 Å². The van der Waals surface area contributed by atoms with Crippen LogP contribution in [0.15, 0.2) is 30.3 Å². The highest BCUT2D eigenvalue weighted by Crippen LogP contribution is 2.20. The molecular weight excluding hydrogens is 262 g/mol. The van der Waals surface area contributed by atoms with Crippen molar-refractivity contribution in [1.29, 1.82) is 0 Å². The van der Waals surface area contributed by atoms with Crippen LogP contribution in [0.1, 0.15) is 24.3 Å². The molecule has 4 nitrogen and oxygen atoms in total. The summed E-state index contributed by atoms with van der Waals surface area (Å²) in [6, 6.07) is 9.85. The summed E-state index contributed by atoms with van der Waals surface area (Å²) in [5.41, 5.74) is 6.85. The molecule has 1 saturated heterocycles. The monoisotopic (exact) mass is 289 g/mol. The predicted octanol–water partition coefficient (Wildman–Crippen LogP) is 1.53. The van der Waals surface area contributed by atoms with E-state index in [1.807, 2.05) is 42.3 Å². The van der Waals surface area contributed by atoms with Crippen molar-refractivity contribution in [2.45, 2.75) is 18.8 Å². The lowest BCUT2D eigenvalue weighted by atomic mass is 9.94. The molecule has 0 aliphatic carbocycles. The molecule has 1 heterocycles. The molecule has 0 spiro atoms. The minimum absolute atomic E-state index is 0.141. The Morgan fingerprint density at radius 1 is 1.33 bits per heavy atom. The average molecular weight is 289 g/mol. The number of likely N-dealkylation sites (N-methyl/N-ethyl adjacent to an activating group) is 1. The second-order valence-corrected chi connectivity index (χ2v) is 6.16. The van der Waals surface area contributed by atoms with Gasteiger partial charge in [-0.1, -0.05) is 30.3 Å². The molecule has 1 atom stereocenters. The van der Waals surface area contributed by atoms with Crippen molar-refractivity contribution in [2.24, 2.45) is 11.7 Å². The van der Waals surface area contributed by atoms with Gasteiger partial charge in [-0.3, -0.25) is 4.79 Å². The van der Waals surface area contributed by atoms with Gasteiger partial charge in [0, 0.05) is 20.1 Å². The maximum Gasteiger partial charge on any atom is 0.231 e. The zero-order chi connectivity index (χ0) is 15.2. The lowest BCUT2D eigenvalue weighted by molar-refractivity contribution is -0.132. The minimum Gasteiger partial charge on any atom is -0.345 e. The number of hydrogen-bond acceptors (Lipinski definition) is 3. The maximum absolute atomic E-state index is 12.6. The third kappa shape index (κ3) is 4.29. The van der Waals surface area contributed by atoms with Crippen LogP contribution in [-0.4, -0.2) is 56.0 Å². The van der Waals surface area contributed by atoms with E-state index < -0.39 is 0 Å². The number of carbonyl (C=O) groups excluding carboxylic acids is 1. The molecular formula is C17H27N3O. The van der Waals surface area contributed by atoms with Crippen molar-refractivity contribution in [3.63, 3.8) is 0 Å². The van der Waals surface area contributed by atoms with Crippen molar-refractivity contribution in [3.05, 3.63) is 35.9 Å². The van der Waals surface area contributed by atoms with E-state index in [1.54, 1.807) is 0 Å². The molecule has 1 aromatic carbocycles. The van der Waals surface area contributed by atoms with Crippen molar-refractivity contribution in [2.75, 3.05) is 40.3 Å². The Bertz CT molecular complexity index is 441. The third-order valence-corrected chi connectivity index (χ3v) is 4.48. The molecule has 0 aromatic heterocycles. The van der Waals surface area contributed by atoms with Gasteiger partial charge in [0.2, 0.25) is 5.91 Å². The van der Waals surface area contributed by atoms with Crippen molar-refractivity contribution < 1.29 is 4.79 Å². The fourth-order valence-corrected chi connectivity index (χ4v) is 3.05. The molecule has 1 aromatic rings. The van der Waals surface area contributed by atoms with Gasteiger partial charge < -0.3 is 15.5 Å². The Labute approximate surface area is 127 Å². The van der Waals surface area contributed by atoms with Gasteiger partial charge in [0.25, 0.3) is 0 Å². The van der Waals surface area contributed by atoms with E-state index in [9.17, 15) is 4.79 Å². The molecule has 4 heteroatoms. The second kappa shape index (κ2) is 7.57. The van der Waals surface area contributed by atoms with Crippen LogP contribution in [0.25, 0.3) is 0 Å². The number of piperidine rings is 1. The highest BCUT2D eigenvalue weighted by Gasteiger charge is 2.25. The molecule has 2 N–H and O–H groups in total. The second-order valence-electron chi connectivity index (χ2n) is 6.16. The number of hydrogen-bond donors (Lipinski definition) is 1. The largest absolute Gasteiger partial charge is 0.345 e. The van der Waals surface area contributed by atoms with Crippen LogP contribution in [0.5, 0.6) is 0 Å². The fourth-order valence-electron chi connectivity index (χ4n) is 3.05. The van der Waals surface area contributed by atoms with Gasteiger partial charge in [0.05, 0.1) is 5.92 Å². The first-order chi connectivity index (χ1) is 10.1. The van der Waals surface area contributed by atoms with Gasteiger partial charge in [0.1, 0.15) is 0 Å². The Hall–Kier alpha value is -1.39. The van der Waals surface area contributed by atoms with E-state index in [1.165, 1.54) is 12.8 Å². The number of carbonyl (C=O) groups is 1. The van der Waals surface area contributed by atoms with Gasteiger partial charge in [-0.2, -0.15) is 0 Å². The number of amides is 1. The SMILES string of the molecule is CN1CCC(CN(C)C(=O)C(CN)c2ccccc2)CC1. The van der Waals surface area contributed by atoms with Crippen molar-refractivity contribution in [1.82, 2.24) is 9.80 Å². The average Bonchev–Trinajstić information content (AvgIpc) is 2.51. The summed E-state index contributed by atoms with van der Waals surface area (Å²) in [6.07, 6.45) is 2.35. The number of nitrogens with two attached hydrogens (primary N) is 1. The van der Waals surface area contributed by atoms with Crippen LogP contribution < -0.4 is 5.73 Å². The molecule has 21 heavy (non-hydrogen) atoms. The van der Waals surface area contributed by atoms with Gasteiger partial charge in [-0.25, -0.2) is 0 Å². The molecule has 1 aliphatic heterocycles. The van der Waals surface area contributed by atoms with Crippen molar-refractivity contribution >= 4 is 5.91 Å². The molecule has 1 unspecified atom stereocenters. The standard InChI is InChI=1S/C17H27N3O/c1-19-10-8-14(9-11-19)13-20(2)17(21)16(12-18)15-6-4-3-5-7-15/h3-7,14,16H,8-13,18H2,1-2H3. The lowest BCUT2D eigenvalue weighted by Gasteiger charge is -2.32. The quantitative estimate of drug-likeness (QED) is 0.894. The minimum atomic E-state index is -0.220. The predicted molar refractivity (Wildman–Crippen MR) is 86.1 cm³/mol. The van der Waals surface area contributed by atoms with Crippen LogP contribution in [-0.2, 0) is 4.79 Å². The smallest absolute Gasteiger partial charge is 0.231 e. The third-order valence-electron chi connectivity index (χ3n) is 4.48. The highest BCUT2D eigenvalue weighted by atomic mass is 16.2. The number of likely N-dealkylation sites (tertiary alicyclic amines) is 1. The normalized spacial score (nSPS) is 18.4. The summed E-state index contributed by atoms with van der Waals surface area (Å²) in [4.78, 5) is 16.9. The van der Waals surface area contributed by atoms with E-state index >= 15 is 0 Å². The van der Waals surface area contributed by atoms with Crippen LogP contribution in [0, 0.1) is 5.92 Å². The summed E-state index contributed by atoms with van der Waals surface area (Å²) in [7, 11) is 4.07. The Morgan fingerprint density at radius 2 is 1.95 bits per heavy atom. The number of benzene rings is 1. The summed E-state index contributed by atoms with van der Waals surface area (Å²) >= 11 is 0. The zero-order valence-corrected chi connectivity index (χ0v) is 13.2. The Balaban J connectivity index is 1.94. The topological polar surface area (TPSA) is 49.6 Å². The molecule has 0 radical (unpaired) electrons. The Morgan fingerprint density at radius 3 is 2.52 bits per heavy atom. The first kappa shape index (κ1) is 16.0. The fraction of sp³-hybridized carbons (Fsp3) is 0.588. The van der Waals surface area contributed by atoms with E-state index in [-0.39, 0.29) is 11.8 Å². The van der Waals surface area contributed by atoms with Gasteiger partial charge in [-0.05, 0) is 44.5 Å². The Kier molecular flexibility index (Phi) is 5.76. The number of rotatable bonds is 5. The van der Waals surface area contributed by atoms with E-state index in [4.69, 9.17) is 5.73 Å². The van der Waals surface area contributed by atoms with E-state index in [2.05, 4.69) is 11.9 Å². The lowest BCUT2D eigenvalue weighted by Crippen LogP contribution is -2.41. The molecule has 0 bridgehead atoms. The first-order valence-electron chi connectivity index (χ1n) is 7.80. The van der Waals surface area contributed by atoms with Crippen LogP contribution >= 0.6 is 0 Å². The van der Waals surface area contributed by atoms with Gasteiger partial charge in [-0.15, -0.1) is 0 Å². The van der Waals surface area contributed by atoms with Crippen molar-refractivity contribution in [3.8, 4) is 0 Å². The molecule has 1 fully saturated rings. The molecule has 2 rings (SSSR count). The molecule has 1 amide bonds. The maximum atomic E-state index is 12.6. The van der Waals surface area contributed by atoms with Crippen LogP contribution in [0.2, 0.25) is 0 Å². The van der Waals surface area contributed by atoms with Crippen LogP contribution in [0.4, 0.5) is 0 Å². The summed E-state index contributed by atoms with van der Waals surface area (Å²) in [6.45, 7) is 3.47. The van der Waals surface area contributed by atoms with Gasteiger partial charge in [0.15, 0.2) is 0 Å². The summed E-state index contributed by atoms with van der Waals surface area (Å²) < 4.78 is 0. The number of nitrogens with zero attached hydrogens (tertiary/aromatic N) is 2. The molecule has 0 saturated carbocycles. The summed E-state index contributed by atoms with van der Waals surface area (Å²) in [5, 5.41) is 0. The van der Waals surface area contributed by atoms with E-state index in [0.717, 1.165) is 25.2 Å². The zero-order valence-electron chi connectivity index (χ0n) is 13.2. The van der Waals surface area contributed by atoms with Gasteiger partial charge >= 0.3 is 0 Å². The highest BCUT2D eigenvalue weighted by molar-refractivity contribution is 5.83. The molecule has 1 aliphatic rings. The summed E-state index contributed by atoms with van der Waals surface area (Å²) in [5.74, 6) is 0.537. The van der Waals surface area contributed by atoms with Crippen LogP contribution in [0.3, 0.4) is 0 Å². The molecule has 116 valence electrons.